The van der Waals surface area contributed by atoms with E-state index in [0.29, 0.717) is 12.3 Å². The maximum atomic E-state index is 12.8. The van der Waals surface area contributed by atoms with Gasteiger partial charge < -0.3 is 15.3 Å². The third kappa shape index (κ3) is 5.68. The number of nitrogens with one attached hydrogen (secondary N) is 1. The minimum absolute atomic E-state index is 0.0810. The molecule has 9 heteroatoms. The summed E-state index contributed by atoms with van der Waals surface area (Å²) < 4.78 is 26.8. The fraction of sp³-hybridized carbons (Fsp3) is 0.579. The molecule has 2 N–H and O–H groups in total. The molecular formula is C19H29N3O5S. The average Bonchev–Trinajstić information content (AvgIpc) is 2.66. The minimum atomic E-state index is -3.83. The van der Waals surface area contributed by atoms with E-state index in [1.54, 1.807) is 17.9 Å². The molecule has 0 aromatic heterocycles. The number of sulfonamides is 1. The molecule has 0 radical (unpaired) electrons. The van der Waals surface area contributed by atoms with Crippen LogP contribution in [0.3, 0.4) is 0 Å². The van der Waals surface area contributed by atoms with Crippen LogP contribution in [0, 0.1) is 12.8 Å². The van der Waals surface area contributed by atoms with E-state index < -0.39 is 10.0 Å². The normalized spacial score (nSPS) is 15.6. The Kier molecular flexibility index (Phi) is 7.42. The summed E-state index contributed by atoms with van der Waals surface area (Å²) in [6.07, 6.45) is 1.15. The van der Waals surface area contributed by atoms with E-state index in [1.165, 1.54) is 16.4 Å². The van der Waals surface area contributed by atoms with Gasteiger partial charge in [0.1, 0.15) is 10.6 Å². The van der Waals surface area contributed by atoms with Crippen LogP contribution < -0.4 is 5.32 Å². The highest BCUT2D eigenvalue weighted by Crippen LogP contribution is 2.27. The van der Waals surface area contributed by atoms with E-state index in [-0.39, 0.29) is 55.2 Å². The van der Waals surface area contributed by atoms with Crippen molar-refractivity contribution in [2.75, 3.05) is 32.7 Å². The molecule has 1 aromatic carbocycles. The molecule has 2 amide bonds. The molecular weight excluding hydrogens is 382 g/mol. The maximum absolute atomic E-state index is 12.8. The zero-order valence-electron chi connectivity index (χ0n) is 16.6. The number of hydrogen-bond acceptors (Lipinski definition) is 5. The van der Waals surface area contributed by atoms with Gasteiger partial charge in [0.25, 0.3) is 0 Å². The van der Waals surface area contributed by atoms with Crippen molar-refractivity contribution in [3.05, 3.63) is 23.8 Å². The maximum Gasteiger partial charge on any atom is 0.246 e. The topological polar surface area (TPSA) is 107 Å². The highest BCUT2D eigenvalue weighted by molar-refractivity contribution is 7.89. The van der Waals surface area contributed by atoms with E-state index in [4.69, 9.17) is 0 Å². The van der Waals surface area contributed by atoms with E-state index in [1.807, 2.05) is 13.8 Å². The number of hydrogen-bond donors (Lipinski definition) is 2. The third-order valence-electron chi connectivity index (χ3n) is 4.71. The fourth-order valence-electron chi connectivity index (χ4n) is 2.94. The van der Waals surface area contributed by atoms with Gasteiger partial charge in [0.05, 0.1) is 6.54 Å². The molecule has 0 atom stereocenters. The van der Waals surface area contributed by atoms with Crippen LogP contribution in [0.4, 0.5) is 0 Å². The van der Waals surface area contributed by atoms with Gasteiger partial charge in [-0.3, -0.25) is 9.59 Å². The lowest BCUT2D eigenvalue weighted by atomic mass is 10.1. The smallest absolute Gasteiger partial charge is 0.246 e. The Morgan fingerprint density at radius 3 is 2.43 bits per heavy atom. The first-order valence-corrected chi connectivity index (χ1v) is 10.9. The number of nitrogens with zero attached hydrogens (tertiary/aromatic N) is 2. The molecule has 2 rings (SSSR count). The molecule has 28 heavy (non-hydrogen) atoms. The molecule has 156 valence electrons. The van der Waals surface area contributed by atoms with E-state index in [0.717, 1.165) is 12.0 Å². The number of aryl methyl sites for hydroxylation is 1. The van der Waals surface area contributed by atoms with Gasteiger partial charge in [-0.15, -0.1) is 0 Å². The predicted octanol–water partition coefficient (Wildman–Crippen LogP) is 1.09. The first-order valence-electron chi connectivity index (χ1n) is 9.45. The predicted molar refractivity (Wildman–Crippen MR) is 105 cm³/mol. The Morgan fingerprint density at radius 1 is 1.18 bits per heavy atom. The van der Waals surface area contributed by atoms with Crippen molar-refractivity contribution in [1.82, 2.24) is 14.5 Å². The largest absolute Gasteiger partial charge is 0.507 e. The highest BCUT2D eigenvalue weighted by Gasteiger charge is 2.31. The van der Waals surface area contributed by atoms with Crippen molar-refractivity contribution < 1.29 is 23.1 Å². The van der Waals surface area contributed by atoms with Crippen LogP contribution in [0.15, 0.2) is 23.1 Å². The molecule has 1 aliphatic heterocycles. The number of carbonyl (C=O) groups excluding carboxylic acids is 2. The minimum Gasteiger partial charge on any atom is -0.507 e. The van der Waals surface area contributed by atoms with Crippen molar-refractivity contribution in [3.8, 4) is 5.75 Å². The number of amides is 2. The summed E-state index contributed by atoms with van der Waals surface area (Å²) in [5.74, 6) is -0.246. The summed E-state index contributed by atoms with van der Waals surface area (Å²) in [7, 11) is -3.83. The summed E-state index contributed by atoms with van der Waals surface area (Å²) in [5.41, 5.74) is 0.735. The van der Waals surface area contributed by atoms with Crippen molar-refractivity contribution in [3.63, 3.8) is 0 Å². The second-order valence-corrected chi connectivity index (χ2v) is 9.37. The molecule has 1 saturated heterocycles. The van der Waals surface area contributed by atoms with Crippen LogP contribution in [0.25, 0.3) is 0 Å². The van der Waals surface area contributed by atoms with Crippen molar-refractivity contribution in [1.29, 1.82) is 0 Å². The first kappa shape index (κ1) is 22.2. The Hall–Kier alpha value is -2.13. The van der Waals surface area contributed by atoms with Crippen LogP contribution in [0.2, 0.25) is 0 Å². The Morgan fingerprint density at radius 2 is 1.82 bits per heavy atom. The van der Waals surface area contributed by atoms with Gasteiger partial charge in [-0.05, 0) is 37.0 Å². The molecule has 1 aromatic rings. The molecule has 0 aliphatic carbocycles. The number of benzene rings is 1. The van der Waals surface area contributed by atoms with E-state index in [2.05, 4.69) is 5.32 Å². The summed E-state index contributed by atoms with van der Waals surface area (Å²) >= 11 is 0. The van der Waals surface area contributed by atoms with Crippen molar-refractivity contribution in [2.45, 2.75) is 38.5 Å². The Bertz CT molecular complexity index is 815. The van der Waals surface area contributed by atoms with Gasteiger partial charge >= 0.3 is 0 Å². The lowest BCUT2D eigenvalue weighted by Gasteiger charge is -2.34. The lowest BCUT2D eigenvalue weighted by Crippen LogP contribution is -2.52. The number of carbonyl (C=O) groups is 2. The summed E-state index contributed by atoms with van der Waals surface area (Å²) in [5, 5.41) is 12.6. The molecule has 1 fully saturated rings. The quantitative estimate of drug-likeness (QED) is 0.698. The average molecular weight is 412 g/mol. The monoisotopic (exact) mass is 411 g/mol. The standard InChI is InChI=1S/C19H29N3O5S/c1-14(2)4-7-18(24)20-13-19(25)21-8-10-22(11-9-21)28(26,27)17-12-15(3)5-6-16(17)23/h5-6,12,14,23H,4,7-11,13H2,1-3H3,(H,20,24). The molecule has 0 unspecified atom stereocenters. The fourth-order valence-corrected chi connectivity index (χ4v) is 4.53. The van der Waals surface area contributed by atoms with Gasteiger partial charge in [0.15, 0.2) is 0 Å². The van der Waals surface area contributed by atoms with Crippen molar-refractivity contribution in [2.24, 2.45) is 5.92 Å². The zero-order chi connectivity index (χ0) is 20.9. The van der Waals surface area contributed by atoms with Gasteiger partial charge in [-0.1, -0.05) is 19.9 Å². The highest BCUT2D eigenvalue weighted by atomic mass is 32.2. The number of rotatable bonds is 7. The molecule has 0 saturated carbocycles. The van der Waals surface area contributed by atoms with Gasteiger partial charge in [-0.25, -0.2) is 8.42 Å². The van der Waals surface area contributed by atoms with Crippen LogP contribution in [-0.2, 0) is 19.6 Å². The Labute approximate surface area is 166 Å². The molecule has 1 heterocycles. The second kappa shape index (κ2) is 9.38. The third-order valence-corrected chi connectivity index (χ3v) is 6.64. The van der Waals surface area contributed by atoms with E-state index >= 15 is 0 Å². The van der Waals surface area contributed by atoms with Crippen LogP contribution in [0.5, 0.6) is 5.75 Å². The summed E-state index contributed by atoms with van der Waals surface area (Å²) in [6.45, 7) is 6.50. The molecule has 0 spiro atoms. The summed E-state index contributed by atoms with van der Waals surface area (Å²) in [4.78, 5) is 25.4. The molecule has 1 aliphatic rings. The Balaban J connectivity index is 1.89. The van der Waals surface area contributed by atoms with Crippen LogP contribution >= 0.6 is 0 Å². The van der Waals surface area contributed by atoms with Gasteiger partial charge in [0.2, 0.25) is 21.8 Å². The second-order valence-electron chi connectivity index (χ2n) is 7.47. The molecule has 8 nitrogen and oxygen atoms in total. The van der Waals surface area contributed by atoms with Crippen molar-refractivity contribution >= 4 is 21.8 Å². The summed E-state index contributed by atoms with van der Waals surface area (Å²) in [6, 6.07) is 4.44. The lowest BCUT2D eigenvalue weighted by molar-refractivity contribution is -0.133. The van der Waals surface area contributed by atoms with Gasteiger partial charge in [0, 0.05) is 32.6 Å². The van der Waals surface area contributed by atoms with E-state index in [9.17, 15) is 23.1 Å². The first-order chi connectivity index (χ1) is 13.1. The number of piperazine rings is 1. The number of phenolic OH excluding ortho intramolecular Hbond substituents is 1. The van der Waals surface area contributed by atoms with Gasteiger partial charge in [-0.2, -0.15) is 4.31 Å². The zero-order valence-corrected chi connectivity index (χ0v) is 17.5. The number of phenols is 1. The SMILES string of the molecule is Cc1ccc(O)c(S(=O)(=O)N2CCN(C(=O)CNC(=O)CCC(C)C)CC2)c1. The van der Waals surface area contributed by atoms with Crippen LogP contribution in [-0.4, -0.2) is 67.3 Å². The van der Waals surface area contributed by atoms with Crippen LogP contribution in [0.1, 0.15) is 32.3 Å². The molecule has 0 bridgehead atoms. The number of aromatic hydroxyl groups is 1.